The number of hydrogen-bond donors (Lipinski definition) is 0. The van der Waals surface area contributed by atoms with Gasteiger partial charge in [0.15, 0.2) is 5.75 Å². The fourth-order valence-electron chi connectivity index (χ4n) is 1.06. The highest BCUT2D eigenvalue weighted by molar-refractivity contribution is 9.10. The van der Waals surface area contributed by atoms with Gasteiger partial charge in [-0.2, -0.15) is 0 Å². The molecule has 1 aromatic rings. The third-order valence-electron chi connectivity index (χ3n) is 1.81. The molecule has 2 nitrogen and oxygen atoms in total. The third-order valence-corrected chi connectivity index (χ3v) is 2.83. The summed E-state index contributed by atoms with van der Waals surface area (Å²) in [5.74, 6) is -0.143. The summed E-state index contributed by atoms with van der Waals surface area (Å²) >= 11 is 15.1. The largest absolute Gasteiger partial charge is 0.423 e. The Bertz CT molecular complexity index is 371. The highest BCUT2D eigenvalue weighted by Gasteiger charge is 2.12. The monoisotopic (exact) mass is 323 g/mol. The van der Waals surface area contributed by atoms with E-state index in [9.17, 15) is 4.79 Å². The van der Waals surface area contributed by atoms with Crippen molar-refractivity contribution >= 4 is 45.1 Å². The van der Waals surface area contributed by atoms with Crippen molar-refractivity contribution in [3.63, 3.8) is 0 Å². The minimum Gasteiger partial charge on any atom is -0.423 e. The van der Waals surface area contributed by atoms with Crippen molar-refractivity contribution in [2.24, 2.45) is 0 Å². The molecule has 87 valence electrons. The van der Waals surface area contributed by atoms with Gasteiger partial charge < -0.3 is 4.74 Å². The SMILES string of the molecule is [CH2]CCCC(=O)Oc1c(Cl)cc(Br)cc1Cl. The zero-order chi connectivity index (χ0) is 12.1. The molecule has 0 atom stereocenters. The van der Waals surface area contributed by atoms with E-state index in [1.807, 2.05) is 0 Å². The van der Waals surface area contributed by atoms with Gasteiger partial charge in [0.05, 0.1) is 10.0 Å². The number of halogens is 3. The minimum absolute atomic E-state index is 0.209. The van der Waals surface area contributed by atoms with E-state index in [-0.39, 0.29) is 11.7 Å². The molecule has 0 fully saturated rings. The molecule has 1 rings (SSSR count). The van der Waals surface area contributed by atoms with Crippen molar-refractivity contribution in [2.45, 2.75) is 19.3 Å². The van der Waals surface area contributed by atoms with Gasteiger partial charge in [-0.15, -0.1) is 0 Å². The summed E-state index contributed by atoms with van der Waals surface area (Å²) < 4.78 is 5.82. The molecule has 0 aliphatic heterocycles. The van der Waals surface area contributed by atoms with Crippen molar-refractivity contribution in [1.29, 1.82) is 0 Å². The first-order valence-electron chi connectivity index (χ1n) is 4.69. The van der Waals surface area contributed by atoms with E-state index in [0.29, 0.717) is 29.3 Å². The van der Waals surface area contributed by atoms with Crippen LogP contribution in [0.5, 0.6) is 5.75 Å². The third kappa shape index (κ3) is 3.96. The number of rotatable bonds is 4. The van der Waals surface area contributed by atoms with Gasteiger partial charge in [0.1, 0.15) is 0 Å². The van der Waals surface area contributed by atoms with Crippen molar-refractivity contribution in [3.8, 4) is 5.75 Å². The number of esters is 1. The molecule has 0 aliphatic carbocycles. The van der Waals surface area contributed by atoms with Crippen LogP contribution in [-0.4, -0.2) is 5.97 Å². The molecular formula is C11H10BrCl2O2. The summed E-state index contributed by atoms with van der Waals surface area (Å²) in [5, 5.41) is 0.615. The summed E-state index contributed by atoms with van der Waals surface area (Å²) in [6.07, 6.45) is 1.69. The fourth-order valence-corrected chi connectivity index (χ4v) is 2.35. The molecule has 0 aliphatic rings. The second-order valence-electron chi connectivity index (χ2n) is 3.13. The molecule has 16 heavy (non-hydrogen) atoms. The van der Waals surface area contributed by atoms with Crippen LogP contribution < -0.4 is 4.74 Å². The van der Waals surface area contributed by atoms with Gasteiger partial charge >= 0.3 is 5.97 Å². The zero-order valence-corrected chi connectivity index (χ0v) is 11.5. The van der Waals surface area contributed by atoms with Crippen LogP contribution in [0.1, 0.15) is 19.3 Å². The molecular weight excluding hydrogens is 315 g/mol. The predicted molar refractivity (Wildman–Crippen MR) is 69.0 cm³/mol. The van der Waals surface area contributed by atoms with Crippen LogP contribution in [0, 0.1) is 6.92 Å². The van der Waals surface area contributed by atoms with Crippen molar-refractivity contribution < 1.29 is 9.53 Å². The lowest BCUT2D eigenvalue weighted by atomic mass is 10.2. The van der Waals surface area contributed by atoms with Crippen LogP contribution in [0.3, 0.4) is 0 Å². The van der Waals surface area contributed by atoms with Crippen LogP contribution >= 0.6 is 39.1 Å². The standard InChI is InChI=1S/C11H10BrCl2O2/c1-2-3-4-10(15)16-11-8(13)5-7(12)6-9(11)14/h5-6H,1-4H2. The molecule has 0 saturated heterocycles. The van der Waals surface area contributed by atoms with E-state index in [4.69, 9.17) is 27.9 Å². The normalized spacial score (nSPS) is 10.2. The maximum absolute atomic E-state index is 11.4. The second-order valence-corrected chi connectivity index (χ2v) is 4.86. The summed E-state index contributed by atoms with van der Waals surface area (Å²) in [6, 6.07) is 3.24. The molecule has 0 heterocycles. The topological polar surface area (TPSA) is 26.3 Å². The zero-order valence-electron chi connectivity index (χ0n) is 8.43. The fraction of sp³-hybridized carbons (Fsp3) is 0.273. The van der Waals surface area contributed by atoms with E-state index in [2.05, 4.69) is 22.9 Å². The molecule has 1 aromatic carbocycles. The van der Waals surface area contributed by atoms with Crippen LogP contribution in [0.25, 0.3) is 0 Å². The lowest BCUT2D eigenvalue weighted by molar-refractivity contribution is -0.134. The average Bonchev–Trinajstić information content (AvgIpc) is 2.20. The van der Waals surface area contributed by atoms with Gasteiger partial charge in [-0.3, -0.25) is 4.79 Å². The van der Waals surface area contributed by atoms with Gasteiger partial charge in [0.25, 0.3) is 0 Å². The molecule has 0 amide bonds. The Balaban J connectivity index is 2.77. The molecule has 0 N–H and O–H groups in total. The lowest BCUT2D eigenvalue weighted by Crippen LogP contribution is -2.08. The number of benzene rings is 1. The van der Waals surface area contributed by atoms with Gasteiger partial charge in [-0.1, -0.05) is 52.5 Å². The first-order valence-corrected chi connectivity index (χ1v) is 6.24. The quantitative estimate of drug-likeness (QED) is 0.594. The van der Waals surface area contributed by atoms with Crippen LogP contribution in [0.4, 0.5) is 0 Å². The molecule has 1 radical (unpaired) electrons. The Morgan fingerprint density at radius 3 is 2.44 bits per heavy atom. The van der Waals surface area contributed by atoms with Gasteiger partial charge in [-0.25, -0.2) is 0 Å². The Morgan fingerprint density at radius 2 is 1.94 bits per heavy atom. The smallest absolute Gasteiger partial charge is 0.311 e. The molecule has 0 saturated carbocycles. The van der Waals surface area contributed by atoms with E-state index in [0.717, 1.165) is 4.47 Å². The van der Waals surface area contributed by atoms with E-state index >= 15 is 0 Å². The van der Waals surface area contributed by atoms with Gasteiger partial charge in [0.2, 0.25) is 0 Å². The van der Waals surface area contributed by atoms with Crippen molar-refractivity contribution in [2.75, 3.05) is 0 Å². The highest BCUT2D eigenvalue weighted by atomic mass is 79.9. The number of carbonyl (C=O) groups is 1. The summed E-state index contributed by atoms with van der Waals surface area (Å²) in [4.78, 5) is 11.4. The predicted octanol–water partition coefficient (Wildman–Crippen LogP) is 4.67. The van der Waals surface area contributed by atoms with E-state index in [1.165, 1.54) is 0 Å². The van der Waals surface area contributed by atoms with Crippen molar-refractivity contribution in [3.05, 3.63) is 33.6 Å². The Kier molecular flexibility index (Phi) is 5.59. The summed E-state index contributed by atoms with van der Waals surface area (Å²) in [6.45, 7) is 3.65. The summed E-state index contributed by atoms with van der Waals surface area (Å²) in [5.41, 5.74) is 0. The summed E-state index contributed by atoms with van der Waals surface area (Å²) in [7, 11) is 0. The van der Waals surface area contributed by atoms with E-state index < -0.39 is 0 Å². The number of ether oxygens (including phenoxy) is 1. The van der Waals surface area contributed by atoms with Gasteiger partial charge in [0, 0.05) is 10.9 Å². The Hall–Kier alpha value is -0.250. The van der Waals surface area contributed by atoms with Crippen LogP contribution in [0.2, 0.25) is 10.0 Å². The Labute approximate surface area is 113 Å². The minimum atomic E-state index is -0.352. The van der Waals surface area contributed by atoms with Crippen LogP contribution in [-0.2, 0) is 4.79 Å². The average molecular weight is 325 g/mol. The molecule has 0 spiro atoms. The highest BCUT2D eigenvalue weighted by Crippen LogP contribution is 2.36. The first kappa shape index (κ1) is 13.8. The molecule has 0 bridgehead atoms. The first-order chi connectivity index (χ1) is 7.54. The number of hydrogen-bond acceptors (Lipinski definition) is 2. The van der Waals surface area contributed by atoms with E-state index in [1.54, 1.807) is 12.1 Å². The van der Waals surface area contributed by atoms with Crippen molar-refractivity contribution in [1.82, 2.24) is 0 Å². The number of unbranched alkanes of at least 4 members (excludes halogenated alkanes) is 1. The molecule has 0 aromatic heterocycles. The maximum Gasteiger partial charge on any atom is 0.311 e. The Morgan fingerprint density at radius 1 is 1.38 bits per heavy atom. The maximum atomic E-state index is 11.4. The second kappa shape index (κ2) is 6.48. The molecule has 0 unspecified atom stereocenters. The van der Waals surface area contributed by atoms with Gasteiger partial charge in [-0.05, 0) is 18.6 Å². The lowest BCUT2D eigenvalue weighted by Gasteiger charge is -2.08. The van der Waals surface area contributed by atoms with Crippen LogP contribution in [0.15, 0.2) is 16.6 Å². The number of carbonyl (C=O) groups excluding carboxylic acids is 1. The molecule has 5 heteroatoms.